The van der Waals surface area contributed by atoms with E-state index in [-0.39, 0.29) is 5.97 Å². The lowest BCUT2D eigenvalue weighted by molar-refractivity contribution is -0.143. The zero-order valence-electron chi connectivity index (χ0n) is 20.0. The molecule has 176 valence electrons. The first-order valence-corrected chi connectivity index (χ1v) is 12.3. The molecule has 0 fully saturated rings. The Labute approximate surface area is 194 Å². The van der Waals surface area contributed by atoms with Gasteiger partial charge in [0.15, 0.2) is 0 Å². The van der Waals surface area contributed by atoms with Gasteiger partial charge in [-0.15, -0.1) is 0 Å². The van der Waals surface area contributed by atoms with Gasteiger partial charge in [0, 0.05) is 18.7 Å². The molecule has 2 rings (SSSR count). The van der Waals surface area contributed by atoms with E-state index < -0.39 is 0 Å². The second-order valence-corrected chi connectivity index (χ2v) is 8.36. The number of hydrogen-bond donors (Lipinski definition) is 1. The molecule has 0 aliphatic carbocycles. The van der Waals surface area contributed by atoms with Gasteiger partial charge in [-0.25, -0.2) is 0 Å². The standard InChI is InChI=1S/C28H41NO3/c1-3-32-28(30)22-17-25-13-18-26(19-14-25)29-23-11-9-7-5-4-6-8-10-12-24-15-20-27(31-2)21-16-24/h13-16,18-21,29H,3-12,17,22-23H2,1-2H3. The lowest BCUT2D eigenvalue weighted by Gasteiger charge is -2.08. The number of esters is 1. The molecule has 32 heavy (non-hydrogen) atoms. The van der Waals surface area contributed by atoms with Gasteiger partial charge in [-0.05, 0) is 68.0 Å². The van der Waals surface area contributed by atoms with Crippen LogP contribution in [0.2, 0.25) is 0 Å². The summed E-state index contributed by atoms with van der Waals surface area (Å²) in [5, 5.41) is 3.50. The van der Waals surface area contributed by atoms with E-state index in [1.54, 1.807) is 7.11 Å². The molecular weight excluding hydrogens is 398 g/mol. The van der Waals surface area contributed by atoms with Gasteiger partial charge in [-0.3, -0.25) is 4.79 Å². The van der Waals surface area contributed by atoms with Gasteiger partial charge in [0.1, 0.15) is 5.75 Å². The van der Waals surface area contributed by atoms with Crippen molar-refractivity contribution in [2.45, 2.75) is 77.6 Å². The lowest BCUT2D eigenvalue weighted by atomic mass is 10.0. The van der Waals surface area contributed by atoms with Crippen molar-refractivity contribution in [1.29, 1.82) is 0 Å². The number of carbonyl (C=O) groups excluding carboxylic acids is 1. The molecule has 2 aromatic carbocycles. The van der Waals surface area contributed by atoms with Crippen LogP contribution in [0.3, 0.4) is 0 Å². The van der Waals surface area contributed by atoms with Crippen LogP contribution in [0.15, 0.2) is 48.5 Å². The maximum absolute atomic E-state index is 11.4. The van der Waals surface area contributed by atoms with Crippen LogP contribution in [-0.4, -0.2) is 26.2 Å². The van der Waals surface area contributed by atoms with Gasteiger partial charge < -0.3 is 14.8 Å². The van der Waals surface area contributed by atoms with Crippen molar-refractivity contribution in [1.82, 2.24) is 0 Å². The van der Waals surface area contributed by atoms with Crippen molar-refractivity contribution < 1.29 is 14.3 Å². The molecule has 0 saturated carbocycles. The Hall–Kier alpha value is -2.49. The number of benzene rings is 2. The fourth-order valence-corrected chi connectivity index (χ4v) is 3.81. The van der Waals surface area contributed by atoms with Gasteiger partial charge in [0.05, 0.1) is 13.7 Å². The predicted molar refractivity (Wildman–Crippen MR) is 134 cm³/mol. The zero-order valence-corrected chi connectivity index (χ0v) is 20.0. The van der Waals surface area contributed by atoms with E-state index >= 15 is 0 Å². The Morgan fingerprint density at radius 1 is 0.750 bits per heavy atom. The highest BCUT2D eigenvalue weighted by atomic mass is 16.5. The molecule has 0 aliphatic heterocycles. The average Bonchev–Trinajstić information content (AvgIpc) is 2.82. The fourth-order valence-electron chi connectivity index (χ4n) is 3.81. The molecule has 0 spiro atoms. The Morgan fingerprint density at radius 3 is 1.94 bits per heavy atom. The third-order valence-electron chi connectivity index (χ3n) is 5.76. The van der Waals surface area contributed by atoms with Crippen LogP contribution < -0.4 is 10.1 Å². The van der Waals surface area contributed by atoms with E-state index in [1.807, 2.05) is 19.1 Å². The maximum atomic E-state index is 11.4. The molecule has 0 amide bonds. The van der Waals surface area contributed by atoms with Crippen LogP contribution >= 0.6 is 0 Å². The number of anilines is 1. The normalized spacial score (nSPS) is 10.7. The van der Waals surface area contributed by atoms with Gasteiger partial charge in [-0.2, -0.15) is 0 Å². The Kier molecular flexibility index (Phi) is 13.0. The van der Waals surface area contributed by atoms with E-state index in [2.05, 4.69) is 41.7 Å². The number of methoxy groups -OCH3 is 1. The number of ether oxygens (including phenoxy) is 2. The third kappa shape index (κ3) is 11.2. The monoisotopic (exact) mass is 439 g/mol. The molecule has 4 nitrogen and oxygen atoms in total. The van der Waals surface area contributed by atoms with E-state index in [9.17, 15) is 4.79 Å². The molecule has 4 heteroatoms. The first kappa shape index (κ1) is 25.8. The molecule has 0 radical (unpaired) electrons. The molecule has 0 aromatic heterocycles. The van der Waals surface area contributed by atoms with Gasteiger partial charge in [-0.1, -0.05) is 62.8 Å². The van der Waals surface area contributed by atoms with E-state index in [4.69, 9.17) is 9.47 Å². The van der Waals surface area contributed by atoms with Gasteiger partial charge >= 0.3 is 5.97 Å². The van der Waals surface area contributed by atoms with Crippen LogP contribution in [0.1, 0.15) is 75.8 Å². The summed E-state index contributed by atoms with van der Waals surface area (Å²) in [6, 6.07) is 16.8. The second kappa shape index (κ2) is 16.2. The minimum Gasteiger partial charge on any atom is -0.497 e. The van der Waals surface area contributed by atoms with Crippen LogP contribution in [0.25, 0.3) is 0 Å². The van der Waals surface area contributed by atoms with Gasteiger partial charge in [0.25, 0.3) is 0 Å². The molecule has 2 aromatic rings. The minimum atomic E-state index is -0.122. The smallest absolute Gasteiger partial charge is 0.306 e. The molecular formula is C28H41NO3. The van der Waals surface area contributed by atoms with Crippen molar-refractivity contribution >= 4 is 11.7 Å². The molecule has 0 aliphatic rings. The summed E-state index contributed by atoms with van der Waals surface area (Å²) in [5.74, 6) is 0.813. The zero-order chi connectivity index (χ0) is 22.9. The van der Waals surface area contributed by atoms with Crippen molar-refractivity contribution in [2.24, 2.45) is 0 Å². The number of rotatable bonds is 17. The SMILES string of the molecule is CCOC(=O)CCc1ccc(NCCCCCCCCCCc2ccc(OC)cc2)cc1. The molecule has 1 N–H and O–H groups in total. The highest BCUT2D eigenvalue weighted by Crippen LogP contribution is 2.15. The predicted octanol–water partition coefficient (Wildman–Crippen LogP) is 6.97. The van der Waals surface area contributed by atoms with Crippen molar-refractivity contribution in [3.8, 4) is 5.75 Å². The summed E-state index contributed by atoms with van der Waals surface area (Å²) in [4.78, 5) is 11.4. The van der Waals surface area contributed by atoms with Crippen molar-refractivity contribution in [3.05, 3.63) is 59.7 Å². The van der Waals surface area contributed by atoms with Crippen LogP contribution in [0.5, 0.6) is 5.75 Å². The first-order valence-electron chi connectivity index (χ1n) is 12.3. The first-order chi connectivity index (χ1) is 15.7. The van der Waals surface area contributed by atoms with Crippen molar-refractivity contribution in [3.63, 3.8) is 0 Å². The molecule has 0 bridgehead atoms. The van der Waals surface area contributed by atoms with E-state index in [0.717, 1.165) is 24.4 Å². The lowest BCUT2D eigenvalue weighted by Crippen LogP contribution is -2.05. The summed E-state index contributed by atoms with van der Waals surface area (Å²) < 4.78 is 10.2. The number of nitrogens with one attached hydrogen (secondary N) is 1. The highest BCUT2D eigenvalue weighted by Gasteiger charge is 2.02. The highest BCUT2D eigenvalue weighted by molar-refractivity contribution is 5.69. The summed E-state index contributed by atoms with van der Waals surface area (Å²) >= 11 is 0. The largest absolute Gasteiger partial charge is 0.497 e. The average molecular weight is 440 g/mol. The second-order valence-electron chi connectivity index (χ2n) is 8.36. The summed E-state index contributed by atoms with van der Waals surface area (Å²) in [6.07, 6.45) is 12.8. The number of aryl methyl sites for hydroxylation is 2. The van der Waals surface area contributed by atoms with Crippen LogP contribution in [0.4, 0.5) is 5.69 Å². The van der Waals surface area contributed by atoms with Crippen LogP contribution in [0, 0.1) is 0 Å². The van der Waals surface area contributed by atoms with Crippen molar-refractivity contribution in [2.75, 3.05) is 25.6 Å². The minimum absolute atomic E-state index is 0.122. The van der Waals surface area contributed by atoms with Gasteiger partial charge in [0.2, 0.25) is 0 Å². The van der Waals surface area contributed by atoms with E-state index in [1.165, 1.54) is 68.9 Å². The topological polar surface area (TPSA) is 47.6 Å². The number of hydrogen-bond acceptors (Lipinski definition) is 4. The summed E-state index contributed by atoms with van der Waals surface area (Å²) in [6.45, 7) is 3.31. The summed E-state index contributed by atoms with van der Waals surface area (Å²) in [5.41, 5.74) is 3.74. The Balaban J connectivity index is 1.41. The quantitative estimate of drug-likeness (QED) is 0.214. The van der Waals surface area contributed by atoms with E-state index in [0.29, 0.717) is 13.0 Å². The molecule has 0 atom stereocenters. The Morgan fingerprint density at radius 2 is 1.31 bits per heavy atom. The van der Waals surface area contributed by atoms with Crippen LogP contribution in [-0.2, 0) is 22.4 Å². The number of unbranched alkanes of at least 4 members (excludes halogenated alkanes) is 7. The number of carbonyl (C=O) groups is 1. The fraction of sp³-hybridized carbons (Fsp3) is 0.536. The third-order valence-corrected chi connectivity index (χ3v) is 5.76. The Bertz CT molecular complexity index is 740. The molecule has 0 heterocycles. The molecule has 0 saturated heterocycles. The summed E-state index contributed by atoms with van der Waals surface area (Å²) in [7, 11) is 1.71. The molecule has 0 unspecified atom stereocenters. The maximum Gasteiger partial charge on any atom is 0.306 e.